The zero-order valence-electron chi connectivity index (χ0n) is 18.3. The Labute approximate surface area is 192 Å². The number of hydrogen-bond acceptors (Lipinski definition) is 9. The molecule has 0 atom stereocenters. The molecule has 0 radical (unpaired) electrons. The van der Waals surface area contributed by atoms with Gasteiger partial charge in [0.15, 0.2) is 0 Å². The number of aromatic nitrogens is 1. The molecule has 10 heteroatoms. The SMILES string of the molecule is C/C=C(\C=N/CN/N=C(/C)CC)C(=O)NCCCOC(=O)CCSSc1ccccn1. The van der Waals surface area contributed by atoms with Gasteiger partial charge < -0.3 is 10.1 Å². The molecule has 170 valence electrons. The molecule has 1 aromatic rings. The van der Waals surface area contributed by atoms with E-state index in [1.54, 1.807) is 30.0 Å². The molecule has 8 nitrogen and oxygen atoms in total. The molecule has 0 saturated carbocycles. The molecule has 0 saturated heterocycles. The van der Waals surface area contributed by atoms with Gasteiger partial charge >= 0.3 is 5.97 Å². The Morgan fingerprint density at radius 2 is 2.16 bits per heavy atom. The van der Waals surface area contributed by atoms with E-state index in [1.807, 2.05) is 32.0 Å². The number of nitrogens with zero attached hydrogens (tertiary/aromatic N) is 3. The second-order valence-electron chi connectivity index (χ2n) is 6.23. The van der Waals surface area contributed by atoms with Gasteiger partial charge in [-0.2, -0.15) is 5.10 Å². The van der Waals surface area contributed by atoms with Crippen molar-refractivity contribution in [1.29, 1.82) is 0 Å². The highest BCUT2D eigenvalue weighted by Gasteiger charge is 2.06. The van der Waals surface area contributed by atoms with Gasteiger partial charge in [-0.15, -0.1) is 0 Å². The van der Waals surface area contributed by atoms with Crippen LogP contribution < -0.4 is 10.7 Å². The molecule has 1 aromatic heterocycles. The van der Waals surface area contributed by atoms with Crippen molar-refractivity contribution < 1.29 is 14.3 Å². The summed E-state index contributed by atoms with van der Waals surface area (Å²) in [6, 6.07) is 5.72. The number of aliphatic imine (C=N–C) groups is 1. The molecular formula is C21H31N5O3S2. The maximum Gasteiger partial charge on any atom is 0.306 e. The summed E-state index contributed by atoms with van der Waals surface area (Å²) in [5.74, 6) is 0.197. The maximum atomic E-state index is 12.1. The van der Waals surface area contributed by atoms with Crippen molar-refractivity contribution in [3.63, 3.8) is 0 Å². The molecule has 0 aliphatic heterocycles. The van der Waals surface area contributed by atoms with Gasteiger partial charge in [0, 0.05) is 30.4 Å². The molecule has 0 bridgehead atoms. The predicted octanol–water partition coefficient (Wildman–Crippen LogP) is 3.61. The van der Waals surface area contributed by atoms with E-state index >= 15 is 0 Å². The van der Waals surface area contributed by atoms with E-state index in [0.29, 0.717) is 37.4 Å². The normalized spacial score (nSPS) is 12.1. The zero-order valence-corrected chi connectivity index (χ0v) is 19.9. The van der Waals surface area contributed by atoms with E-state index in [0.717, 1.165) is 17.2 Å². The van der Waals surface area contributed by atoms with Crippen molar-refractivity contribution in [2.24, 2.45) is 10.1 Å². The molecule has 31 heavy (non-hydrogen) atoms. The summed E-state index contributed by atoms with van der Waals surface area (Å²) in [5, 5.41) is 7.83. The van der Waals surface area contributed by atoms with Gasteiger partial charge in [-0.25, -0.2) is 4.98 Å². The number of nitrogens with one attached hydrogen (secondary N) is 2. The summed E-state index contributed by atoms with van der Waals surface area (Å²) >= 11 is 0. The maximum absolute atomic E-state index is 12.1. The fourth-order valence-corrected chi connectivity index (χ4v) is 3.81. The minimum atomic E-state index is -0.241. The van der Waals surface area contributed by atoms with Crippen LogP contribution in [0.4, 0.5) is 0 Å². The molecular weight excluding hydrogens is 434 g/mol. The van der Waals surface area contributed by atoms with Gasteiger partial charge in [-0.1, -0.05) is 29.9 Å². The van der Waals surface area contributed by atoms with Crippen LogP contribution in [-0.2, 0) is 14.3 Å². The summed E-state index contributed by atoms with van der Waals surface area (Å²) < 4.78 is 5.19. The summed E-state index contributed by atoms with van der Waals surface area (Å²) in [6.07, 6.45) is 6.71. The van der Waals surface area contributed by atoms with Gasteiger partial charge in [0.05, 0.1) is 18.6 Å². The van der Waals surface area contributed by atoms with Crippen molar-refractivity contribution >= 4 is 45.4 Å². The Hall–Kier alpha value is -2.33. The predicted molar refractivity (Wildman–Crippen MR) is 129 cm³/mol. The van der Waals surface area contributed by atoms with Crippen LogP contribution in [0.1, 0.15) is 40.0 Å². The van der Waals surface area contributed by atoms with Gasteiger partial charge in [-0.05, 0) is 49.6 Å². The number of allylic oxidation sites excluding steroid dienone is 1. The third-order valence-electron chi connectivity index (χ3n) is 3.79. The van der Waals surface area contributed by atoms with E-state index in [1.165, 1.54) is 17.0 Å². The van der Waals surface area contributed by atoms with Crippen LogP contribution in [-0.4, -0.2) is 54.4 Å². The third kappa shape index (κ3) is 13.6. The van der Waals surface area contributed by atoms with Crippen LogP contribution in [0.2, 0.25) is 0 Å². The lowest BCUT2D eigenvalue weighted by Crippen LogP contribution is -2.27. The van der Waals surface area contributed by atoms with Crippen LogP contribution in [0.3, 0.4) is 0 Å². The largest absolute Gasteiger partial charge is 0.466 e. The second-order valence-corrected chi connectivity index (χ2v) is 8.66. The first-order valence-electron chi connectivity index (χ1n) is 10.1. The van der Waals surface area contributed by atoms with Crippen molar-refractivity contribution in [2.75, 3.05) is 25.6 Å². The van der Waals surface area contributed by atoms with E-state index < -0.39 is 0 Å². The molecule has 1 rings (SSSR count). The average Bonchev–Trinajstić information content (AvgIpc) is 2.79. The summed E-state index contributed by atoms with van der Waals surface area (Å²) in [4.78, 5) is 32.2. The fraction of sp³-hybridized carbons (Fsp3) is 0.476. The molecule has 0 fully saturated rings. The fourth-order valence-electron chi connectivity index (χ4n) is 1.96. The van der Waals surface area contributed by atoms with Gasteiger partial charge in [0.2, 0.25) is 0 Å². The van der Waals surface area contributed by atoms with Gasteiger partial charge in [-0.3, -0.25) is 20.0 Å². The molecule has 2 N–H and O–H groups in total. The highest BCUT2D eigenvalue weighted by molar-refractivity contribution is 8.76. The molecule has 0 aliphatic rings. The zero-order chi connectivity index (χ0) is 22.7. The summed E-state index contributed by atoms with van der Waals surface area (Å²) in [7, 11) is 3.10. The van der Waals surface area contributed by atoms with Crippen molar-refractivity contribution in [1.82, 2.24) is 15.7 Å². The van der Waals surface area contributed by atoms with E-state index in [-0.39, 0.29) is 18.5 Å². The number of carbonyl (C=O) groups is 2. The van der Waals surface area contributed by atoms with Gasteiger partial charge in [0.1, 0.15) is 11.7 Å². The van der Waals surface area contributed by atoms with E-state index in [2.05, 4.69) is 25.8 Å². The van der Waals surface area contributed by atoms with Crippen LogP contribution in [0.15, 0.2) is 51.2 Å². The first-order chi connectivity index (χ1) is 15.1. The Bertz CT molecular complexity index is 755. The average molecular weight is 466 g/mol. The Balaban J connectivity index is 2.10. The smallest absolute Gasteiger partial charge is 0.306 e. The number of ether oxygens (including phenoxy) is 1. The molecule has 0 aromatic carbocycles. The highest BCUT2D eigenvalue weighted by atomic mass is 33.1. The van der Waals surface area contributed by atoms with Gasteiger partial charge in [0.25, 0.3) is 5.91 Å². The van der Waals surface area contributed by atoms with Crippen LogP contribution in [0.5, 0.6) is 0 Å². The van der Waals surface area contributed by atoms with Crippen molar-refractivity contribution in [3.05, 3.63) is 36.0 Å². The highest BCUT2D eigenvalue weighted by Crippen LogP contribution is 2.29. The number of pyridine rings is 1. The van der Waals surface area contributed by atoms with E-state index in [4.69, 9.17) is 4.74 Å². The lowest BCUT2D eigenvalue weighted by atomic mass is 10.2. The number of carbonyl (C=O) groups excluding carboxylic acids is 2. The molecule has 1 heterocycles. The molecule has 0 aliphatic carbocycles. The number of esters is 1. The number of hydrazone groups is 1. The van der Waals surface area contributed by atoms with Crippen LogP contribution in [0.25, 0.3) is 0 Å². The number of hydrogen-bond donors (Lipinski definition) is 2. The quantitative estimate of drug-likeness (QED) is 0.102. The second kappa shape index (κ2) is 17.4. The molecule has 0 spiro atoms. The lowest BCUT2D eigenvalue weighted by molar-refractivity contribution is -0.143. The summed E-state index contributed by atoms with van der Waals surface area (Å²) in [6.45, 7) is 6.72. The van der Waals surface area contributed by atoms with E-state index in [9.17, 15) is 9.59 Å². The Morgan fingerprint density at radius 1 is 1.32 bits per heavy atom. The lowest BCUT2D eigenvalue weighted by Gasteiger charge is -2.07. The monoisotopic (exact) mass is 465 g/mol. The third-order valence-corrected chi connectivity index (χ3v) is 6.06. The number of rotatable bonds is 15. The van der Waals surface area contributed by atoms with Crippen molar-refractivity contribution in [2.45, 2.75) is 45.1 Å². The Morgan fingerprint density at radius 3 is 2.87 bits per heavy atom. The van der Waals surface area contributed by atoms with Crippen LogP contribution >= 0.6 is 21.6 Å². The number of amides is 1. The molecule has 1 amide bonds. The molecule has 0 unspecified atom stereocenters. The first-order valence-corrected chi connectivity index (χ1v) is 12.4. The van der Waals surface area contributed by atoms with Crippen molar-refractivity contribution in [3.8, 4) is 0 Å². The first kappa shape index (κ1) is 26.7. The minimum absolute atomic E-state index is 0.214. The minimum Gasteiger partial charge on any atom is -0.466 e. The standard InChI is InChI=1S/C21H31N5O3S2/c1-4-17(3)26-25-16-22-15-18(5-2)21(28)24-12-8-13-29-20(27)10-14-30-31-19-9-6-7-11-23-19/h5-7,9,11,15,25H,4,8,10,12-14,16H2,1-3H3,(H,24,28)/b18-5+,22-15-,26-17-. The Kier molecular flexibility index (Phi) is 15.0. The topological polar surface area (TPSA) is 105 Å². The summed E-state index contributed by atoms with van der Waals surface area (Å²) in [5.41, 5.74) is 4.29. The van der Waals surface area contributed by atoms with Crippen LogP contribution in [0, 0.1) is 0 Å².